The SMILES string of the molecule is Cc1ccc(C)c(N(C(=O)c2snc(C(N)=O)c2N)C(C(=O)NCCC(C)C)c2ccc(C)o2)c1. The number of amides is 3. The number of anilines is 2. The average molecular weight is 498 g/mol. The van der Waals surface area contributed by atoms with Crippen molar-refractivity contribution in [2.45, 2.75) is 47.1 Å². The highest BCUT2D eigenvalue weighted by Gasteiger charge is 2.38. The van der Waals surface area contributed by atoms with Gasteiger partial charge in [-0.3, -0.25) is 19.3 Å². The molecule has 2 aromatic heterocycles. The molecule has 0 saturated carbocycles. The minimum Gasteiger partial charge on any atom is -0.464 e. The van der Waals surface area contributed by atoms with Crippen LogP contribution in [0.25, 0.3) is 0 Å². The van der Waals surface area contributed by atoms with Crippen molar-refractivity contribution in [3.8, 4) is 0 Å². The highest BCUT2D eigenvalue weighted by molar-refractivity contribution is 7.09. The number of carbonyl (C=O) groups excluding carboxylic acids is 3. The second kappa shape index (κ2) is 10.7. The molecule has 0 aliphatic carbocycles. The van der Waals surface area contributed by atoms with Crippen LogP contribution in [0.5, 0.6) is 0 Å². The molecule has 3 aromatic rings. The van der Waals surface area contributed by atoms with Gasteiger partial charge < -0.3 is 21.2 Å². The third-order valence-corrected chi connectivity index (χ3v) is 6.41. The van der Waals surface area contributed by atoms with Gasteiger partial charge in [0.1, 0.15) is 16.4 Å². The lowest BCUT2D eigenvalue weighted by Crippen LogP contribution is -2.44. The Bertz CT molecular complexity index is 1250. The summed E-state index contributed by atoms with van der Waals surface area (Å²) in [6.45, 7) is 10.1. The Morgan fingerprint density at radius 3 is 2.43 bits per heavy atom. The number of nitrogens with zero attached hydrogens (tertiary/aromatic N) is 2. The monoisotopic (exact) mass is 497 g/mol. The summed E-state index contributed by atoms with van der Waals surface area (Å²) in [6.07, 6.45) is 0.775. The molecular weight excluding hydrogens is 466 g/mol. The minimum atomic E-state index is -1.12. The maximum atomic E-state index is 14.0. The van der Waals surface area contributed by atoms with Crippen LogP contribution in [0.4, 0.5) is 11.4 Å². The molecular formula is C25H31N5O4S. The number of hydrogen-bond acceptors (Lipinski definition) is 7. The number of hydrogen-bond donors (Lipinski definition) is 3. The van der Waals surface area contributed by atoms with Gasteiger partial charge in [-0.05, 0) is 74.0 Å². The van der Waals surface area contributed by atoms with Crippen LogP contribution < -0.4 is 21.7 Å². The molecule has 0 spiro atoms. The van der Waals surface area contributed by atoms with Gasteiger partial charge in [0.2, 0.25) is 0 Å². The molecule has 5 N–H and O–H groups in total. The molecule has 0 aliphatic heterocycles. The van der Waals surface area contributed by atoms with Crippen molar-refractivity contribution in [2.75, 3.05) is 17.2 Å². The van der Waals surface area contributed by atoms with Gasteiger partial charge in [0.25, 0.3) is 17.7 Å². The van der Waals surface area contributed by atoms with Gasteiger partial charge in [0, 0.05) is 12.2 Å². The Hall–Kier alpha value is -3.66. The second-order valence-electron chi connectivity index (χ2n) is 8.93. The molecule has 1 atom stereocenters. The summed E-state index contributed by atoms with van der Waals surface area (Å²) in [7, 11) is 0. The zero-order chi connectivity index (χ0) is 25.9. The number of aryl methyl sites for hydroxylation is 3. The summed E-state index contributed by atoms with van der Waals surface area (Å²) < 4.78 is 9.83. The minimum absolute atomic E-state index is 0.0166. The lowest BCUT2D eigenvalue weighted by Gasteiger charge is -2.31. The molecule has 35 heavy (non-hydrogen) atoms. The number of nitrogen functional groups attached to an aromatic ring is 1. The van der Waals surface area contributed by atoms with Crippen LogP contribution in [0.1, 0.15) is 69.1 Å². The Morgan fingerprint density at radius 1 is 1.14 bits per heavy atom. The average Bonchev–Trinajstić information content (AvgIpc) is 3.38. The van der Waals surface area contributed by atoms with Crippen LogP contribution in [0, 0.1) is 26.7 Å². The molecule has 3 amide bonds. The first-order valence-electron chi connectivity index (χ1n) is 11.3. The van der Waals surface area contributed by atoms with Gasteiger partial charge in [-0.15, -0.1) is 0 Å². The normalized spacial score (nSPS) is 11.9. The Labute approximate surface area is 208 Å². The van der Waals surface area contributed by atoms with Gasteiger partial charge >= 0.3 is 0 Å². The summed E-state index contributed by atoms with van der Waals surface area (Å²) in [6, 6.07) is 7.91. The summed E-state index contributed by atoms with van der Waals surface area (Å²) in [5.74, 6) is -0.522. The predicted molar refractivity (Wildman–Crippen MR) is 136 cm³/mol. The van der Waals surface area contributed by atoms with E-state index in [0.29, 0.717) is 29.7 Å². The summed E-state index contributed by atoms with van der Waals surface area (Å²) >= 11 is 0.768. The fraction of sp³-hybridized carbons (Fsp3) is 0.360. The van der Waals surface area contributed by atoms with Gasteiger partial charge in [0.15, 0.2) is 11.7 Å². The first-order valence-corrected chi connectivity index (χ1v) is 12.1. The van der Waals surface area contributed by atoms with Gasteiger partial charge in [-0.1, -0.05) is 26.0 Å². The van der Waals surface area contributed by atoms with Gasteiger partial charge in [-0.2, -0.15) is 4.37 Å². The first-order chi connectivity index (χ1) is 16.5. The maximum Gasteiger partial charge on any atom is 0.273 e. The van der Waals surface area contributed by atoms with Crippen molar-refractivity contribution in [3.05, 3.63) is 63.6 Å². The fourth-order valence-electron chi connectivity index (χ4n) is 3.64. The van der Waals surface area contributed by atoms with E-state index in [9.17, 15) is 14.4 Å². The third-order valence-electron chi connectivity index (χ3n) is 5.56. The van der Waals surface area contributed by atoms with E-state index >= 15 is 0 Å². The zero-order valence-corrected chi connectivity index (χ0v) is 21.4. The number of furan rings is 1. The Kier molecular flexibility index (Phi) is 7.96. The van der Waals surface area contributed by atoms with Crippen LogP contribution in [0.2, 0.25) is 0 Å². The number of rotatable bonds is 9. The number of nitrogens with two attached hydrogens (primary N) is 2. The lowest BCUT2D eigenvalue weighted by atomic mass is 10.0. The number of carbonyl (C=O) groups is 3. The summed E-state index contributed by atoms with van der Waals surface area (Å²) in [5.41, 5.74) is 13.4. The van der Waals surface area contributed by atoms with E-state index in [1.54, 1.807) is 19.1 Å². The molecule has 9 nitrogen and oxygen atoms in total. The lowest BCUT2D eigenvalue weighted by molar-refractivity contribution is -0.122. The molecule has 0 fully saturated rings. The number of nitrogens with one attached hydrogen (secondary N) is 1. The van der Waals surface area contributed by atoms with Crippen LogP contribution in [-0.4, -0.2) is 28.6 Å². The largest absolute Gasteiger partial charge is 0.464 e. The molecule has 0 saturated heterocycles. The van der Waals surface area contributed by atoms with Crippen molar-refractivity contribution >= 4 is 40.6 Å². The molecule has 10 heteroatoms. The first kappa shape index (κ1) is 26.0. The van der Waals surface area contributed by atoms with Crippen molar-refractivity contribution in [1.29, 1.82) is 0 Å². The molecule has 186 valence electrons. The van der Waals surface area contributed by atoms with Crippen LogP contribution >= 0.6 is 11.5 Å². The molecule has 0 bridgehead atoms. The summed E-state index contributed by atoms with van der Waals surface area (Å²) in [5, 5.41) is 2.94. The van der Waals surface area contributed by atoms with E-state index in [-0.39, 0.29) is 16.3 Å². The van der Waals surface area contributed by atoms with Crippen molar-refractivity contribution in [1.82, 2.24) is 9.69 Å². The van der Waals surface area contributed by atoms with Gasteiger partial charge in [-0.25, -0.2) is 0 Å². The molecule has 0 radical (unpaired) electrons. The molecule has 2 heterocycles. The van der Waals surface area contributed by atoms with Crippen molar-refractivity contribution in [2.24, 2.45) is 11.7 Å². The summed E-state index contributed by atoms with van der Waals surface area (Å²) in [4.78, 5) is 40.7. The third kappa shape index (κ3) is 5.71. The van der Waals surface area contributed by atoms with E-state index < -0.39 is 23.8 Å². The highest BCUT2D eigenvalue weighted by Crippen LogP contribution is 2.35. The predicted octanol–water partition coefficient (Wildman–Crippen LogP) is 3.89. The van der Waals surface area contributed by atoms with E-state index in [0.717, 1.165) is 29.1 Å². The van der Waals surface area contributed by atoms with E-state index in [1.807, 2.05) is 32.0 Å². The Balaban J connectivity index is 2.18. The molecule has 1 aromatic carbocycles. The number of primary amides is 1. The van der Waals surface area contributed by atoms with Crippen molar-refractivity contribution in [3.63, 3.8) is 0 Å². The smallest absolute Gasteiger partial charge is 0.273 e. The van der Waals surface area contributed by atoms with E-state index in [1.165, 1.54) is 4.90 Å². The fourth-order valence-corrected chi connectivity index (χ4v) is 4.38. The van der Waals surface area contributed by atoms with Crippen LogP contribution in [-0.2, 0) is 4.79 Å². The molecule has 1 unspecified atom stereocenters. The second-order valence-corrected chi connectivity index (χ2v) is 9.70. The molecule has 0 aliphatic rings. The quantitative estimate of drug-likeness (QED) is 0.409. The molecule has 3 rings (SSSR count). The van der Waals surface area contributed by atoms with Crippen LogP contribution in [0.15, 0.2) is 34.7 Å². The van der Waals surface area contributed by atoms with Crippen LogP contribution in [0.3, 0.4) is 0 Å². The Morgan fingerprint density at radius 2 is 1.86 bits per heavy atom. The standard InChI is InChI=1S/C25H31N5O4S/c1-13(2)10-11-28-24(32)21(18-9-8-16(5)34-18)30(17-12-14(3)6-7-15(17)4)25(33)22-19(26)20(23(27)31)29-35-22/h6-9,12-13,21H,10-11,26H2,1-5H3,(H2,27,31)(H,28,32). The van der Waals surface area contributed by atoms with E-state index in [4.69, 9.17) is 15.9 Å². The highest BCUT2D eigenvalue weighted by atomic mass is 32.1. The topological polar surface area (TPSA) is 145 Å². The van der Waals surface area contributed by atoms with Gasteiger partial charge in [0.05, 0.1) is 5.69 Å². The number of benzene rings is 1. The maximum absolute atomic E-state index is 14.0. The van der Waals surface area contributed by atoms with Crippen molar-refractivity contribution < 1.29 is 18.8 Å². The zero-order valence-electron chi connectivity index (χ0n) is 20.5. The van der Waals surface area contributed by atoms with E-state index in [2.05, 4.69) is 23.5 Å². The number of aromatic nitrogens is 1.